The predicted molar refractivity (Wildman–Crippen MR) is 74.9 cm³/mol. The van der Waals surface area contributed by atoms with E-state index in [-0.39, 0.29) is 0 Å². The van der Waals surface area contributed by atoms with E-state index in [4.69, 9.17) is 4.74 Å². The summed E-state index contributed by atoms with van der Waals surface area (Å²) in [6.07, 6.45) is 3.89. The summed E-state index contributed by atoms with van der Waals surface area (Å²) in [5.74, 6) is 0.907. The molecule has 0 spiro atoms. The summed E-state index contributed by atoms with van der Waals surface area (Å²) in [5, 5.41) is 0. The normalized spacial score (nSPS) is 18.3. The second-order valence-corrected chi connectivity index (χ2v) is 4.91. The molecule has 3 heteroatoms. The van der Waals surface area contributed by atoms with Crippen LogP contribution in [0.25, 0.3) is 0 Å². The van der Waals surface area contributed by atoms with Crippen molar-refractivity contribution in [1.29, 1.82) is 0 Å². The van der Waals surface area contributed by atoms with Gasteiger partial charge in [0.2, 0.25) is 0 Å². The minimum atomic E-state index is 0.907. The molecule has 98 valence electrons. The molecule has 1 saturated heterocycles. The number of benzene rings is 1. The Balaban J connectivity index is 1.72. The maximum Gasteiger partial charge on any atom is 0.126 e. The largest absolute Gasteiger partial charge is 0.465 e. The van der Waals surface area contributed by atoms with Gasteiger partial charge in [-0.25, -0.2) is 0 Å². The summed E-state index contributed by atoms with van der Waals surface area (Å²) in [5.41, 5.74) is 1.22. The third-order valence-electron chi connectivity index (χ3n) is 3.25. The lowest BCUT2D eigenvalue weighted by molar-refractivity contribution is 0.166. The lowest BCUT2D eigenvalue weighted by Gasteiger charge is -2.31. The van der Waals surface area contributed by atoms with Crippen molar-refractivity contribution >= 4 is 0 Å². The van der Waals surface area contributed by atoms with Gasteiger partial charge < -0.3 is 9.64 Å². The first-order valence-corrected chi connectivity index (χ1v) is 6.53. The zero-order chi connectivity index (χ0) is 12.8. The Bertz CT molecular complexity index is 395. The van der Waals surface area contributed by atoms with Crippen LogP contribution in [0.3, 0.4) is 0 Å². The number of ether oxygens (including phenoxy) is 1. The third-order valence-corrected chi connectivity index (χ3v) is 3.25. The molecule has 3 nitrogen and oxygen atoms in total. The Hall–Kier alpha value is -1.32. The van der Waals surface area contributed by atoms with Crippen molar-refractivity contribution in [2.45, 2.75) is 6.92 Å². The van der Waals surface area contributed by atoms with Crippen LogP contribution in [0.5, 0.6) is 5.75 Å². The summed E-state index contributed by atoms with van der Waals surface area (Å²) < 4.78 is 5.58. The van der Waals surface area contributed by atoms with E-state index in [1.807, 2.05) is 18.2 Å². The number of rotatable bonds is 4. The van der Waals surface area contributed by atoms with E-state index in [0.29, 0.717) is 0 Å². The highest BCUT2D eigenvalue weighted by molar-refractivity contribution is 5.27. The Labute approximate surface area is 110 Å². The smallest absolute Gasteiger partial charge is 0.126 e. The second kappa shape index (κ2) is 6.57. The summed E-state index contributed by atoms with van der Waals surface area (Å²) in [4.78, 5) is 4.81. The average Bonchev–Trinajstić information content (AvgIpc) is 2.37. The molecular formula is C15H22N2O. The molecular weight excluding hydrogens is 224 g/mol. The molecule has 0 aromatic heterocycles. The van der Waals surface area contributed by atoms with Gasteiger partial charge in [-0.1, -0.05) is 12.1 Å². The third kappa shape index (κ3) is 4.17. The minimum absolute atomic E-state index is 0.907. The van der Waals surface area contributed by atoms with Gasteiger partial charge in [-0.15, -0.1) is 0 Å². The molecule has 1 fully saturated rings. The molecule has 18 heavy (non-hydrogen) atoms. The van der Waals surface area contributed by atoms with E-state index in [2.05, 4.69) is 35.9 Å². The van der Waals surface area contributed by atoms with Gasteiger partial charge in [0.25, 0.3) is 0 Å². The lowest BCUT2D eigenvalue weighted by atomic mass is 10.2. The molecule has 1 heterocycles. The van der Waals surface area contributed by atoms with Crippen LogP contribution in [0.2, 0.25) is 0 Å². The molecule has 0 unspecified atom stereocenters. The van der Waals surface area contributed by atoms with Crippen molar-refractivity contribution in [2.75, 3.05) is 39.8 Å². The van der Waals surface area contributed by atoms with Gasteiger partial charge in [0, 0.05) is 32.7 Å². The van der Waals surface area contributed by atoms with Gasteiger partial charge in [-0.3, -0.25) is 4.90 Å². The molecule has 1 aromatic carbocycles. The van der Waals surface area contributed by atoms with Crippen molar-refractivity contribution in [1.82, 2.24) is 9.80 Å². The highest BCUT2D eigenvalue weighted by Gasteiger charge is 2.11. The van der Waals surface area contributed by atoms with Crippen LogP contribution in [-0.4, -0.2) is 49.6 Å². The predicted octanol–water partition coefficient (Wildman–Crippen LogP) is 2.13. The number of nitrogens with zero attached hydrogens (tertiary/aromatic N) is 2. The van der Waals surface area contributed by atoms with Gasteiger partial charge >= 0.3 is 0 Å². The zero-order valence-electron chi connectivity index (χ0n) is 11.3. The minimum Gasteiger partial charge on any atom is -0.465 e. The maximum atomic E-state index is 5.58. The van der Waals surface area contributed by atoms with Gasteiger partial charge in [0.1, 0.15) is 5.75 Å². The molecule has 0 atom stereocenters. The number of piperazine rings is 1. The topological polar surface area (TPSA) is 15.7 Å². The number of likely N-dealkylation sites (N-methyl/N-ethyl adjacent to an activating group) is 1. The number of hydrogen-bond acceptors (Lipinski definition) is 3. The van der Waals surface area contributed by atoms with Crippen molar-refractivity contribution in [2.24, 2.45) is 0 Å². The first-order chi connectivity index (χ1) is 8.74. The maximum absolute atomic E-state index is 5.58. The van der Waals surface area contributed by atoms with E-state index < -0.39 is 0 Å². The molecule has 1 aliphatic rings. The molecule has 2 rings (SSSR count). The lowest BCUT2D eigenvalue weighted by Crippen LogP contribution is -2.44. The van der Waals surface area contributed by atoms with Crippen LogP contribution in [0.4, 0.5) is 0 Å². The fraction of sp³-hybridized carbons (Fsp3) is 0.467. The highest BCUT2D eigenvalue weighted by Crippen LogP contribution is 2.12. The van der Waals surface area contributed by atoms with Crippen molar-refractivity contribution < 1.29 is 4.74 Å². The van der Waals surface area contributed by atoms with E-state index in [1.54, 1.807) is 6.26 Å². The molecule has 0 saturated carbocycles. The van der Waals surface area contributed by atoms with Crippen LogP contribution in [0.1, 0.15) is 5.56 Å². The van der Waals surface area contributed by atoms with Crippen molar-refractivity contribution in [3.05, 3.63) is 42.2 Å². The number of hydrogen-bond donors (Lipinski definition) is 0. The number of aryl methyl sites for hydroxylation is 1. The quantitative estimate of drug-likeness (QED) is 0.757. The molecule has 0 amide bonds. The van der Waals surface area contributed by atoms with Gasteiger partial charge in [-0.05, 0) is 37.7 Å². The van der Waals surface area contributed by atoms with E-state index >= 15 is 0 Å². The van der Waals surface area contributed by atoms with Gasteiger partial charge in [0.15, 0.2) is 0 Å². The van der Waals surface area contributed by atoms with Crippen LogP contribution < -0.4 is 4.74 Å². The molecule has 1 aromatic rings. The molecule has 0 aliphatic carbocycles. The van der Waals surface area contributed by atoms with Gasteiger partial charge in [-0.2, -0.15) is 0 Å². The molecule has 0 radical (unpaired) electrons. The Morgan fingerprint density at radius 3 is 2.72 bits per heavy atom. The zero-order valence-corrected chi connectivity index (χ0v) is 11.3. The highest BCUT2D eigenvalue weighted by atomic mass is 16.5. The molecule has 1 aliphatic heterocycles. The summed E-state index contributed by atoms with van der Waals surface area (Å²) >= 11 is 0. The van der Waals surface area contributed by atoms with Crippen LogP contribution in [0, 0.1) is 6.92 Å². The van der Waals surface area contributed by atoms with Gasteiger partial charge in [0.05, 0.1) is 6.26 Å². The fourth-order valence-electron chi connectivity index (χ4n) is 2.04. The van der Waals surface area contributed by atoms with E-state index in [9.17, 15) is 0 Å². The fourth-order valence-corrected chi connectivity index (χ4v) is 2.04. The first kappa shape index (κ1) is 13.1. The summed E-state index contributed by atoms with van der Waals surface area (Å²) in [6, 6.07) is 8.10. The Kier molecular flexibility index (Phi) is 4.79. The van der Waals surface area contributed by atoms with Crippen LogP contribution in [0.15, 0.2) is 36.6 Å². The summed E-state index contributed by atoms with van der Waals surface area (Å²) in [6.45, 7) is 7.65. The van der Waals surface area contributed by atoms with Crippen molar-refractivity contribution in [3.8, 4) is 5.75 Å². The average molecular weight is 246 g/mol. The Morgan fingerprint density at radius 1 is 1.22 bits per heavy atom. The van der Waals surface area contributed by atoms with E-state index in [0.717, 1.165) is 38.5 Å². The Morgan fingerprint density at radius 2 is 2.00 bits per heavy atom. The molecule has 0 bridgehead atoms. The first-order valence-electron chi connectivity index (χ1n) is 6.53. The SMILES string of the molecule is Cc1cccc(O/C=C/CN2CCN(C)CC2)c1. The standard InChI is InChI=1S/C15H22N2O/c1-14-5-3-6-15(13-14)18-12-4-7-17-10-8-16(2)9-11-17/h3-6,12-13H,7-11H2,1-2H3/b12-4+. The molecule has 0 N–H and O–H groups in total. The van der Waals surface area contributed by atoms with Crippen molar-refractivity contribution in [3.63, 3.8) is 0 Å². The monoisotopic (exact) mass is 246 g/mol. The second-order valence-electron chi connectivity index (χ2n) is 4.91. The van der Waals surface area contributed by atoms with Crippen LogP contribution >= 0.6 is 0 Å². The van der Waals surface area contributed by atoms with Crippen LogP contribution in [-0.2, 0) is 0 Å². The van der Waals surface area contributed by atoms with E-state index in [1.165, 1.54) is 5.56 Å². The summed E-state index contributed by atoms with van der Waals surface area (Å²) in [7, 11) is 2.17.